The van der Waals surface area contributed by atoms with Crippen LogP contribution >= 0.6 is 0 Å². The number of rotatable bonds is 6. The molecule has 2 amide bonds. The summed E-state index contributed by atoms with van der Waals surface area (Å²) < 4.78 is 4.95. The van der Waals surface area contributed by atoms with E-state index in [0.29, 0.717) is 13.2 Å². The molecule has 0 saturated carbocycles. The molecule has 0 aromatic heterocycles. The molecule has 18 heavy (non-hydrogen) atoms. The van der Waals surface area contributed by atoms with Crippen LogP contribution in [0.4, 0.5) is 10.5 Å². The Morgan fingerprint density at radius 2 is 2.06 bits per heavy atom. The smallest absolute Gasteiger partial charge is 0.319 e. The van der Waals surface area contributed by atoms with Gasteiger partial charge in [0.05, 0.1) is 0 Å². The average Bonchev–Trinajstić information content (AvgIpc) is 2.37. The lowest BCUT2D eigenvalue weighted by molar-refractivity contribution is 0.185. The van der Waals surface area contributed by atoms with Crippen molar-refractivity contribution in [2.24, 2.45) is 5.73 Å². The minimum Gasteiger partial charge on any atom is -0.385 e. The first kappa shape index (κ1) is 14.5. The van der Waals surface area contributed by atoms with Gasteiger partial charge in [-0.3, -0.25) is 0 Å². The third kappa shape index (κ3) is 5.16. The summed E-state index contributed by atoms with van der Waals surface area (Å²) in [5.74, 6) is 0. The van der Waals surface area contributed by atoms with Gasteiger partial charge in [0.2, 0.25) is 0 Å². The van der Waals surface area contributed by atoms with Crippen molar-refractivity contribution < 1.29 is 9.53 Å². The Kier molecular flexibility index (Phi) is 6.18. The van der Waals surface area contributed by atoms with Gasteiger partial charge >= 0.3 is 6.03 Å². The van der Waals surface area contributed by atoms with Gasteiger partial charge in [0, 0.05) is 32.0 Å². The predicted molar refractivity (Wildman–Crippen MR) is 72.4 cm³/mol. The number of carbonyl (C=O) groups excluding carboxylic acids is 1. The number of methoxy groups -OCH3 is 1. The molecule has 0 spiro atoms. The van der Waals surface area contributed by atoms with Gasteiger partial charge in [0.15, 0.2) is 0 Å². The predicted octanol–water partition coefficient (Wildman–Crippen LogP) is 1.69. The number of anilines is 1. The highest BCUT2D eigenvalue weighted by atomic mass is 16.5. The van der Waals surface area contributed by atoms with Gasteiger partial charge in [-0.15, -0.1) is 0 Å². The van der Waals surface area contributed by atoms with E-state index in [-0.39, 0.29) is 12.1 Å². The van der Waals surface area contributed by atoms with E-state index in [1.807, 2.05) is 31.2 Å². The molecule has 0 radical (unpaired) electrons. The van der Waals surface area contributed by atoms with E-state index >= 15 is 0 Å². The van der Waals surface area contributed by atoms with Gasteiger partial charge in [-0.1, -0.05) is 12.1 Å². The highest BCUT2D eigenvalue weighted by Crippen LogP contribution is 2.08. The summed E-state index contributed by atoms with van der Waals surface area (Å²) in [4.78, 5) is 11.7. The standard InChI is InChI=1S/C13H21N3O2/c1-10(7-8-18-2)15-13(17)16-12-5-3-11(9-14)4-6-12/h3-6,10H,7-9,14H2,1-2H3,(H2,15,16,17). The highest BCUT2D eigenvalue weighted by molar-refractivity contribution is 5.89. The van der Waals surface area contributed by atoms with Crippen molar-refractivity contribution in [3.05, 3.63) is 29.8 Å². The maximum atomic E-state index is 11.7. The molecular weight excluding hydrogens is 230 g/mol. The number of nitrogens with one attached hydrogen (secondary N) is 2. The lowest BCUT2D eigenvalue weighted by Gasteiger charge is -2.14. The summed E-state index contributed by atoms with van der Waals surface area (Å²) in [6.45, 7) is 3.07. The van der Waals surface area contributed by atoms with Gasteiger partial charge < -0.3 is 21.1 Å². The molecule has 0 aliphatic heterocycles. The van der Waals surface area contributed by atoms with Crippen molar-refractivity contribution in [2.75, 3.05) is 19.0 Å². The average molecular weight is 251 g/mol. The summed E-state index contributed by atoms with van der Waals surface area (Å²) in [7, 11) is 1.64. The van der Waals surface area contributed by atoms with Gasteiger partial charge in [-0.2, -0.15) is 0 Å². The van der Waals surface area contributed by atoms with Crippen molar-refractivity contribution in [2.45, 2.75) is 25.9 Å². The zero-order valence-electron chi connectivity index (χ0n) is 10.9. The van der Waals surface area contributed by atoms with Crippen LogP contribution in [0.3, 0.4) is 0 Å². The van der Waals surface area contributed by atoms with Crippen LogP contribution in [0.2, 0.25) is 0 Å². The minimum absolute atomic E-state index is 0.0771. The van der Waals surface area contributed by atoms with Crippen molar-refractivity contribution in [3.8, 4) is 0 Å². The van der Waals surface area contributed by atoms with Gasteiger partial charge in [0.25, 0.3) is 0 Å². The van der Waals surface area contributed by atoms with Gasteiger partial charge in [-0.05, 0) is 31.0 Å². The number of urea groups is 1. The zero-order valence-corrected chi connectivity index (χ0v) is 10.9. The minimum atomic E-state index is -0.209. The second-order valence-corrected chi connectivity index (χ2v) is 4.18. The first-order valence-electron chi connectivity index (χ1n) is 6.01. The number of benzene rings is 1. The maximum Gasteiger partial charge on any atom is 0.319 e. The van der Waals surface area contributed by atoms with Crippen LogP contribution in [0.25, 0.3) is 0 Å². The molecule has 0 saturated heterocycles. The highest BCUT2D eigenvalue weighted by Gasteiger charge is 2.06. The fourth-order valence-electron chi connectivity index (χ4n) is 1.48. The van der Waals surface area contributed by atoms with E-state index in [2.05, 4.69) is 10.6 Å². The summed E-state index contributed by atoms with van der Waals surface area (Å²) in [6.07, 6.45) is 0.788. The molecule has 0 fully saturated rings. The van der Waals surface area contributed by atoms with E-state index in [1.165, 1.54) is 0 Å². The molecule has 100 valence electrons. The summed E-state index contributed by atoms with van der Waals surface area (Å²) in [5, 5.41) is 5.61. The summed E-state index contributed by atoms with van der Waals surface area (Å²) in [5.41, 5.74) is 7.29. The third-order valence-corrected chi connectivity index (χ3v) is 2.58. The Labute approximate surface area is 108 Å². The van der Waals surface area contributed by atoms with Crippen molar-refractivity contribution in [1.82, 2.24) is 5.32 Å². The summed E-state index contributed by atoms with van der Waals surface area (Å²) >= 11 is 0. The van der Waals surface area contributed by atoms with Crippen molar-refractivity contribution in [3.63, 3.8) is 0 Å². The van der Waals surface area contributed by atoms with Crippen molar-refractivity contribution in [1.29, 1.82) is 0 Å². The molecule has 0 heterocycles. The second-order valence-electron chi connectivity index (χ2n) is 4.18. The van der Waals surface area contributed by atoms with E-state index in [4.69, 9.17) is 10.5 Å². The number of nitrogens with two attached hydrogens (primary N) is 1. The van der Waals surface area contributed by atoms with Crippen molar-refractivity contribution >= 4 is 11.7 Å². The normalized spacial score (nSPS) is 11.9. The molecule has 1 aromatic rings. The van der Waals surface area contributed by atoms with E-state index < -0.39 is 0 Å². The molecule has 1 aromatic carbocycles. The Bertz CT molecular complexity index is 365. The van der Waals surface area contributed by atoms with Crippen LogP contribution in [0.5, 0.6) is 0 Å². The lowest BCUT2D eigenvalue weighted by atomic mass is 10.2. The molecule has 1 unspecified atom stereocenters. The van der Waals surface area contributed by atoms with Crippen LogP contribution in [0.15, 0.2) is 24.3 Å². The first-order chi connectivity index (χ1) is 8.65. The van der Waals surface area contributed by atoms with Crippen LogP contribution in [0.1, 0.15) is 18.9 Å². The zero-order chi connectivity index (χ0) is 13.4. The van der Waals surface area contributed by atoms with Crippen LogP contribution in [-0.2, 0) is 11.3 Å². The molecule has 1 atom stereocenters. The van der Waals surface area contributed by atoms with E-state index in [9.17, 15) is 4.79 Å². The Morgan fingerprint density at radius 3 is 2.61 bits per heavy atom. The number of ether oxygens (including phenoxy) is 1. The molecule has 4 N–H and O–H groups in total. The molecule has 1 rings (SSSR count). The Balaban J connectivity index is 2.39. The molecule has 0 aliphatic rings. The molecule has 5 nitrogen and oxygen atoms in total. The molecule has 0 aliphatic carbocycles. The fraction of sp³-hybridized carbons (Fsp3) is 0.462. The molecule has 0 bridgehead atoms. The second kappa shape index (κ2) is 7.68. The summed E-state index contributed by atoms with van der Waals surface area (Å²) in [6, 6.07) is 7.32. The van der Waals surface area contributed by atoms with E-state index in [0.717, 1.165) is 17.7 Å². The number of carbonyl (C=O) groups is 1. The Hall–Kier alpha value is -1.59. The third-order valence-electron chi connectivity index (χ3n) is 2.58. The lowest BCUT2D eigenvalue weighted by Crippen LogP contribution is -2.36. The van der Waals surface area contributed by atoms with Crippen LogP contribution in [-0.4, -0.2) is 25.8 Å². The topological polar surface area (TPSA) is 76.4 Å². The Morgan fingerprint density at radius 1 is 1.39 bits per heavy atom. The first-order valence-corrected chi connectivity index (χ1v) is 6.01. The number of hydrogen-bond donors (Lipinski definition) is 3. The number of hydrogen-bond acceptors (Lipinski definition) is 3. The fourth-order valence-corrected chi connectivity index (χ4v) is 1.48. The largest absolute Gasteiger partial charge is 0.385 e. The molecular formula is C13H21N3O2. The van der Waals surface area contributed by atoms with Gasteiger partial charge in [-0.25, -0.2) is 4.79 Å². The maximum absolute atomic E-state index is 11.7. The SMILES string of the molecule is COCCC(C)NC(=O)Nc1ccc(CN)cc1. The monoisotopic (exact) mass is 251 g/mol. The number of amides is 2. The van der Waals surface area contributed by atoms with Gasteiger partial charge in [0.1, 0.15) is 0 Å². The van der Waals surface area contributed by atoms with E-state index in [1.54, 1.807) is 7.11 Å². The van der Waals surface area contributed by atoms with Crippen LogP contribution < -0.4 is 16.4 Å². The van der Waals surface area contributed by atoms with Crippen LogP contribution in [0, 0.1) is 0 Å². The quantitative estimate of drug-likeness (QED) is 0.720. The molecule has 5 heteroatoms.